The van der Waals surface area contributed by atoms with Crippen molar-refractivity contribution in [2.24, 2.45) is 0 Å². The Bertz CT molecular complexity index is 470. The lowest BCUT2D eigenvalue weighted by Crippen LogP contribution is -2.25. The summed E-state index contributed by atoms with van der Waals surface area (Å²) >= 11 is 3.27. The van der Waals surface area contributed by atoms with Crippen LogP contribution in [-0.4, -0.2) is 31.3 Å². The lowest BCUT2D eigenvalue weighted by molar-refractivity contribution is -0.148. The molecule has 0 unspecified atom stereocenters. The van der Waals surface area contributed by atoms with Gasteiger partial charge in [0.2, 0.25) is 0 Å². The maximum absolute atomic E-state index is 11.8. The van der Waals surface area contributed by atoms with Gasteiger partial charge in [-0.1, -0.05) is 28.1 Å². The Balaban J connectivity index is 2.36. The van der Waals surface area contributed by atoms with E-state index in [-0.39, 0.29) is 31.1 Å². The number of hydrogen-bond donors (Lipinski definition) is 1. The van der Waals surface area contributed by atoms with E-state index in [1.54, 1.807) is 24.3 Å². The van der Waals surface area contributed by atoms with Crippen LogP contribution in [0.2, 0.25) is 0 Å². The van der Waals surface area contributed by atoms with Gasteiger partial charge in [-0.2, -0.15) is 0 Å². The molecule has 19 heavy (non-hydrogen) atoms. The average molecular weight is 328 g/mol. The topological polar surface area (TPSA) is 72.5 Å². The summed E-state index contributed by atoms with van der Waals surface area (Å²) in [4.78, 5) is 33.9. The number of carbonyl (C=O) groups is 3. The first-order chi connectivity index (χ1) is 9.02. The monoisotopic (exact) mass is 327 g/mol. The van der Waals surface area contributed by atoms with Gasteiger partial charge >= 0.3 is 5.97 Å². The third kappa shape index (κ3) is 5.65. The number of halogens is 1. The van der Waals surface area contributed by atoms with E-state index in [9.17, 15) is 14.4 Å². The second-order valence-electron chi connectivity index (χ2n) is 3.76. The van der Waals surface area contributed by atoms with Gasteiger partial charge in [-0.3, -0.25) is 14.4 Å². The standard InChI is InChI=1S/C13H14BrNO4/c1-15-12(17)8-19-13(18)7-6-11(16)9-2-4-10(14)5-3-9/h2-5H,6-8H2,1H3,(H,15,17). The molecule has 0 aliphatic heterocycles. The van der Waals surface area contributed by atoms with Gasteiger partial charge in [-0.05, 0) is 12.1 Å². The molecule has 1 N–H and O–H groups in total. The number of ether oxygens (including phenoxy) is 1. The van der Waals surface area contributed by atoms with Gasteiger partial charge in [0.05, 0.1) is 6.42 Å². The fourth-order valence-electron chi connectivity index (χ4n) is 1.29. The lowest BCUT2D eigenvalue weighted by atomic mass is 10.1. The predicted octanol–water partition coefficient (Wildman–Crippen LogP) is 1.70. The summed E-state index contributed by atoms with van der Waals surface area (Å²) in [5.74, 6) is -1.08. The van der Waals surface area contributed by atoms with E-state index < -0.39 is 5.97 Å². The van der Waals surface area contributed by atoms with Crippen LogP contribution in [0.4, 0.5) is 0 Å². The molecule has 0 atom stereocenters. The Morgan fingerprint density at radius 3 is 2.37 bits per heavy atom. The Morgan fingerprint density at radius 2 is 1.79 bits per heavy atom. The first-order valence-corrected chi connectivity index (χ1v) is 6.47. The molecule has 0 saturated carbocycles. The summed E-state index contributed by atoms with van der Waals surface area (Å²) in [5, 5.41) is 2.33. The minimum atomic E-state index is -0.561. The highest BCUT2D eigenvalue weighted by Gasteiger charge is 2.11. The number of likely N-dealkylation sites (N-methyl/N-ethyl adjacent to an activating group) is 1. The molecule has 5 nitrogen and oxygen atoms in total. The molecule has 0 fully saturated rings. The average Bonchev–Trinajstić information content (AvgIpc) is 2.42. The summed E-state index contributed by atoms with van der Waals surface area (Å²) in [7, 11) is 1.45. The van der Waals surface area contributed by atoms with Crippen molar-refractivity contribution in [2.75, 3.05) is 13.7 Å². The molecule has 1 aromatic carbocycles. The number of Topliss-reactive ketones (excluding diaryl/α,β-unsaturated/α-hetero) is 1. The SMILES string of the molecule is CNC(=O)COC(=O)CCC(=O)c1ccc(Br)cc1. The Labute approximate surface area is 119 Å². The number of benzene rings is 1. The molecule has 1 aromatic rings. The highest BCUT2D eigenvalue weighted by Crippen LogP contribution is 2.12. The molecule has 0 saturated heterocycles. The van der Waals surface area contributed by atoms with Crippen molar-refractivity contribution in [1.82, 2.24) is 5.32 Å². The number of esters is 1. The molecule has 0 heterocycles. The Kier molecular flexibility index (Phi) is 6.21. The largest absolute Gasteiger partial charge is 0.456 e. The number of hydrogen-bond acceptors (Lipinski definition) is 4. The zero-order valence-electron chi connectivity index (χ0n) is 10.4. The summed E-state index contributed by atoms with van der Waals surface area (Å²) in [6.07, 6.45) is 0.0279. The fourth-order valence-corrected chi connectivity index (χ4v) is 1.55. The van der Waals surface area contributed by atoms with Crippen LogP contribution in [-0.2, 0) is 14.3 Å². The maximum atomic E-state index is 11.8. The van der Waals surface area contributed by atoms with Crippen LogP contribution in [0.15, 0.2) is 28.7 Å². The van der Waals surface area contributed by atoms with Crippen LogP contribution in [0.1, 0.15) is 23.2 Å². The Hall–Kier alpha value is -1.69. The zero-order chi connectivity index (χ0) is 14.3. The van der Waals surface area contributed by atoms with Crippen LogP contribution in [0.3, 0.4) is 0 Å². The van der Waals surface area contributed by atoms with E-state index in [2.05, 4.69) is 26.0 Å². The van der Waals surface area contributed by atoms with Crippen LogP contribution >= 0.6 is 15.9 Å². The minimum Gasteiger partial charge on any atom is -0.456 e. The second-order valence-corrected chi connectivity index (χ2v) is 4.68. The van der Waals surface area contributed by atoms with Gasteiger partial charge in [0.25, 0.3) is 5.91 Å². The number of ketones is 1. The molecule has 1 amide bonds. The quantitative estimate of drug-likeness (QED) is 0.637. The zero-order valence-corrected chi connectivity index (χ0v) is 12.0. The third-order valence-corrected chi connectivity index (χ3v) is 2.89. The second kappa shape index (κ2) is 7.68. The summed E-state index contributed by atoms with van der Waals surface area (Å²) < 4.78 is 5.57. The number of rotatable bonds is 6. The first-order valence-electron chi connectivity index (χ1n) is 5.68. The predicted molar refractivity (Wildman–Crippen MR) is 72.7 cm³/mol. The molecule has 102 valence electrons. The molecular weight excluding hydrogens is 314 g/mol. The van der Waals surface area contributed by atoms with E-state index in [1.807, 2.05) is 0 Å². The van der Waals surface area contributed by atoms with Crippen LogP contribution in [0.5, 0.6) is 0 Å². The smallest absolute Gasteiger partial charge is 0.306 e. The van der Waals surface area contributed by atoms with Crippen molar-refractivity contribution in [2.45, 2.75) is 12.8 Å². The molecule has 0 aliphatic rings. The van der Waals surface area contributed by atoms with Crippen LogP contribution in [0.25, 0.3) is 0 Å². The number of carbonyl (C=O) groups excluding carboxylic acids is 3. The molecule has 0 bridgehead atoms. The summed E-state index contributed by atoms with van der Waals surface area (Å²) in [6.45, 7) is -0.318. The van der Waals surface area contributed by atoms with Crippen molar-refractivity contribution in [3.05, 3.63) is 34.3 Å². The summed E-state index contributed by atoms with van der Waals surface area (Å²) in [6, 6.07) is 6.89. The van der Waals surface area contributed by atoms with Crippen LogP contribution in [0, 0.1) is 0 Å². The Morgan fingerprint density at radius 1 is 1.16 bits per heavy atom. The molecule has 0 aromatic heterocycles. The van der Waals surface area contributed by atoms with Crippen LogP contribution < -0.4 is 5.32 Å². The molecule has 0 radical (unpaired) electrons. The van der Waals surface area contributed by atoms with E-state index in [1.165, 1.54) is 7.05 Å². The minimum absolute atomic E-state index is 0.0358. The van der Waals surface area contributed by atoms with E-state index in [0.717, 1.165) is 4.47 Å². The maximum Gasteiger partial charge on any atom is 0.306 e. The number of amides is 1. The van der Waals surface area contributed by atoms with Gasteiger partial charge in [-0.25, -0.2) is 0 Å². The third-order valence-electron chi connectivity index (χ3n) is 2.37. The normalized spacial score (nSPS) is 9.79. The first kappa shape index (κ1) is 15.4. The van der Waals surface area contributed by atoms with Crippen molar-refractivity contribution >= 4 is 33.6 Å². The van der Waals surface area contributed by atoms with Gasteiger partial charge < -0.3 is 10.1 Å². The van der Waals surface area contributed by atoms with E-state index >= 15 is 0 Å². The summed E-state index contributed by atoms with van der Waals surface area (Å²) in [5.41, 5.74) is 0.544. The molecule has 1 rings (SSSR count). The number of nitrogens with one attached hydrogen (secondary N) is 1. The van der Waals surface area contributed by atoms with Gasteiger partial charge in [0, 0.05) is 23.5 Å². The molecule has 6 heteroatoms. The highest BCUT2D eigenvalue weighted by atomic mass is 79.9. The van der Waals surface area contributed by atoms with Crippen molar-refractivity contribution in [3.63, 3.8) is 0 Å². The van der Waals surface area contributed by atoms with Crippen molar-refractivity contribution < 1.29 is 19.1 Å². The molecular formula is C13H14BrNO4. The highest BCUT2D eigenvalue weighted by molar-refractivity contribution is 9.10. The van der Waals surface area contributed by atoms with Crippen molar-refractivity contribution in [3.8, 4) is 0 Å². The van der Waals surface area contributed by atoms with Gasteiger partial charge in [0.1, 0.15) is 0 Å². The lowest BCUT2D eigenvalue weighted by Gasteiger charge is -2.04. The van der Waals surface area contributed by atoms with E-state index in [0.29, 0.717) is 5.56 Å². The fraction of sp³-hybridized carbons (Fsp3) is 0.308. The molecule has 0 aliphatic carbocycles. The van der Waals surface area contributed by atoms with Gasteiger partial charge in [0.15, 0.2) is 12.4 Å². The van der Waals surface area contributed by atoms with Gasteiger partial charge in [-0.15, -0.1) is 0 Å². The van der Waals surface area contributed by atoms with E-state index in [4.69, 9.17) is 0 Å². The molecule has 0 spiro atoms. The van der Waals surface area contributed by atoms with Crippen molar-refractivity contribution in [1.29, 1.82) is 0 Å².